The lowest BCUT2D eigenvalue weighted by molar-refractivity contribution is 0.306. The second-order valence-corrected chi connectivity index (χ2v) is 7.83. The molecule has 0 radical (unpaired) electrons. The molecule has 3 aromatic rings. The largest absolute Gasteiger partial charge is 0.489 e. The zero-order valence-electron chi connectivity index (χ0n) is 13.6. The van der Waals surface area contributed by atoms with Crippen LogP contribution in [0.3, 0.4) is 0 Å². The minimum absolute atomic E-state index is 0.112. The number of rotatable bonds is 5. The van der Waals surface area contributed by atoms with E-state index in [4.69, 9.17) is 27.9 Å². The number of ether oxygens (including phenoxy) is 1. The molecule has 0 unspecified atom stereocenters. The van der Waals surface area contributed by atoms with Gasteiger partial charge in [0, 0.05) is 11.8 Å². The Hall–Kier alpha value is -1.96. The average molecular weight is 369 g/mol. The first-order valence-electron chi connectivity index (χ1n) is 8.36. The van der Waals surface area contributed by atoms with Crippen molar-refractivity contribution in [1.82, 2.24) is 0 Å². The Balaban J connectivity index is 1.45. The third-order valence-electron chi connectivity index (χ3n) is 4.70. The highest BCUT2D eigenvalue weighted by molar-refractivity contribution is 6.52. The molecule has 0 amide bonds. The predicted molar refractivity (Wildman–Crippen MR) is 104 cm³/mol. The number of hydrogen-bond acceptors (Lipinski definition) is 1. The van der Waals surface area contributed by atoms with Gasteiger partial charge in [-0.1, -0.05) is 72.8 Å². The smallest absolute Gasteiger partial charge is 0.133 e. The second-order valence-electron chi connectivity index (χ2n) is 6.38. The molecule has 0 spiro atoms. The minimum atomic E-state index is -0.742. The van der Waals surface area contributed by atoms with Crippen molar-refractivity contribution < 1.29 is 4.74 Å². The standard InChI is InChI=1S/C22H18Cl2O/c23-22(24)20(17-9-5-2-6-10-17)21(22)18-11-13-19(14-12-18)25-15-16-7-3-1-4-8-16/h1-14,20-21H,15H2/t20-,21-/m0/s1. The first-order chi connectivity index (χ1) is 12.2. The van der Waals surface area contributed by atoms with Crippen LogP contribution in [0.1, 0.15) is 28.5 Å². The van der Waals surface area contributed by atoms with Gasteiger partial charge in [-0.15, -0.1) is 23.2 Å². The fraction of sp³-hybridized carbons (Fsp3) is 0.182. The molecule has 126 valence electrons. The molecule has 3 aromatic carbocycles. The Labute approximate surface area is 158 Å². The van der Waals surface area contributed by atoms with E-state index in [-0.39, 0.29) is 11.8 Å². The number of alkyl halides is 2. The van der Waals surface area contributed by atoms with Gasteiger partial charge in [-0.25, -0.2) is 0 Å². The summed E-state index contributed by atoms with van der Waals surface area (Å²) in [5.41, 5.74) is 3.48. The Morgan fingerprint density at radius 1 is 0.680 bits per heavy atom. The molecule has 0 bridgehead atoms. The molecular weight excluding hydrogens is 351 g/mol. The zero-order chi connectivity index (χ0) is 17.3. The van der Waals surface area contributed by atoms with Crippen molar-refractivity contribution in [3.8, 4) is 5.75 Å². The fourth-order valence-corrected chi connectivity index (χ4v) is 4.21. The molecule has 0 saturated heterocycles. The third-order valence-corrected chi connectivity index (χ3v) is 5.64. The van der Waals surface area contributed by atoms with E-state index >= 15 is 0 Å². The Kier molecular flexibility index (Phi) is 4.45. The Morgan fingerprint density at radius 3 is 1.80 bits per heavy atom. The molecule has 0 N–H and O–H groups in total. The monoisotopic (exact) mass is 368 g/mol. The van der Waals surface area contributed by atoms with Gasteiger partial charge in [0.25, 0.3) is 0 Å². The van der Waals surface area contributed by atoms with Gasteiger partial charge < -0.3 is 4.74 Å². The van der Waals surface area contributed by atoms with Gasteiger partial charge >= 0.3 is 0 Å². The first kappa shape index (κ1) is 16.5. The molecule has 1 aliphatic rings. The lowest BCUT2D eigenvalue weighted by Crippen LogP contribution is -1.95. The summed E-state index contributed by atoms with van der Waals surface area (Å²) < 4.78 is 5.10. The molecule has 1 fully saturated rings. The summed E-state index contributed by atoms with van der Waals surface area (Å²) in [7, 11) is 0. The summed E-state index contributed by atoms with van der Waals surface area (Å²) in [5.74, 6) is 1.09. The van der Waals surface area contributed by atoms with Gasteiger partial charge in [0.15, 0.2) is 0 Å². The summed E-state index contributed by atoms with van der Waals surface area (Å²) in [6.07, 6.45) is 0. The highest BCUT2D eigenvalue weighted by atomic mass is 35.5. The van der Waals surface area contributed by atoms with Crippen LogP contribution in [0.2, 0.25) is 0 Å². The second kappa shape index (κ2) is 6.74. The van der Waals surface area contributed by atoms with E-state index in [1.54, 1.807) is 0 Å². The van der Waals surface area contributed by atoms with Crippen LogP contribution >= 0.6 is 23.2 Å². The van der Waals surface area contributed by atoms with Gasteiger partial charge in [-0.3, -0.25) is 0 Å². The zero-order valence-corrected chi connectivity index (χ0v) is 15.1. The van der Waals surface area contributed by atoms with Crippen molar-refractivity contribution in [3.63, 3.8) is 0 Å². The Bertz CT molecular complexity index is 829. The van der Waals surface area contributed by atoms with Crippen molar-refractivity contribution >= 4 is 23.2 Å². The number of halogens is 2. The van der Waals surface area contributed by atoms with Gasteiger partial charge in [0.05, 0.1) is 0 Å². The van der Waals surface area contributed by atoms with Crippen LogP contribution < -0.4 is 4.74 Å². The van der Waals surface area contributed by atoms with E-state index in [0.717, 1.165) is 16.9 Å². The van der Waals surface area contributed by atoms with E-state index in [9.17, 15) is 0 Å². The maximum Gasteiger partial charge on any atom is 0.133 e. The van der Waals surface area contributed by atoms with E-state index in [2.05, 4.69) is 36.4 Å². The van der Waals surface area contributed by atoms with E-state index in [1.165, 1.54) is 5.56 Å². The highest BCUT2D eigenvalue weighted by Crippen LogP contribution is 2.70. The molecule has 0 aliphatic heterocycles. The molecular formula is C22H18Cl2O. The van der Waals surface area contributed by atoms with Crippen LogP contribution in [0.15, 0.2) is 84.9 Å². The van der Waals surface area contributed by atoms with Crippen molar-refractivity contribution in [1.29, 1.82) is 0 Å². The number of hydrogen-bond donors (Lipinski definition) is 0. The van der Waals surface area contributed by atoms with E-state index < -0.39 is 4.33 Å². The molecule has 25 heavy (non-hydrogen) atoms. The summed E-state index contributed by atoms with van der Waals surface area (Å²) in [4.78, 5) is 0. The van der Waals surface area contributed by atoms with Crippen molar-refractivity contribution in [2.45, 2.75) is 22.8 Å². The normalized spacial score (nSPS) is 20.9. The van der Waals surface area contributed by atoms with Crippen LogP contribution in [0.25, 0.3) is 0 Å². The number of benzene rings is 3. The molecule has 4 rings (SSSR count). The van der Waals surface area contributed by atoms with Crippen molar-refractivity contribution in [2.75, 3.05) is 0 Å². The summed E-state index contributed by atoms with van der Waals surface area (Å²) in [6, 6.07) is 28.5. The lowest BCUT2D eigenvalue weighted by Gasteiger charge is -2.07. The molecule has 1 saturated carbocycles. The van der Waals surface area contributed by atoms with Crippen LogP contribution in [0, 0.1) is 0 Å². The first-order valence-corrected chi connectivity index (χ1v) is 9.11. The van der Waals surface area contributed by atoms with Gasteiger partial charge in [-0.05, 0) is 28.8 Å². The topological polar surface area (TPSA) is 9.23 Å². The van der Waals surface area contributed by atoms with Crippen LogP contribution in [-0.4, -0.2) is 4.33 Å². The van der Waals surface area contributed by atoms with Crippen molar-refractivity contribution in [2.24, 2.45) is 0 Å². The summed E-state index contributed by atoms with van der Waals surface area (Å²) in [6.45, 7) is 0.561. The maximum atomic E-state index is 6.56. The summed E-state index contributed by atoms with van der Waals surface area (Å²) >= 11 is 13.1. The quantitative estimate of drug-likeness (QED) is 0.478. The van der Waals surface area contributed by atoms with Gasteiger partial charge in [-0.2, -0.15) is 0 Å². The SMILES string of the molecule is ClC1(Cl)[C@@H](c2ccccc2)[C@@H]1c1ccc(OCc2ccccc2)cc1. The Morgan fingerprint density at radius 2 is 1.20 bits per heavy atom. The molecule has 0 aromatic heterocycles. The van der Waals surface area contributed by atoms with Crippen LogP contribution in [0.5, 0.6) is 5.75 Å². The van der Waals surface area contributed by atoms with E-state index in [1.807, 2.05) is 48.5 Å². The van der Waals surface area contributed by atoms with Gasteiger partial charge in [0.2, 0.25) is 0 Å². The highest BCUT2D eigenvalue weighted by Gasteiger charge is 2.64. The van der Waals surface area contributed by atoms with Gasteiger partial charge in [0.1, 0.15) is 16.7 Å². The molecule has 0 heterocycles. The average Bonchev–Trinajstić information content (AvgIpc) is 3.24. The van der Waals surface area contributed by atoms with Crippen LogP contribution in [-0.2, 0) is 6.61 Å². The molecule has 2 atom stereocenters. The maximum absolute atomic E-state index is 6.56. The van der Waals surface area contributed by atoms with E-state index in [0.29, 0.717) is 6.61 Å². The third kappa shape index (κ3) is 3.40. The molecule has 3 heteroatoms. The fourth-order valence-electron chi connectivity index (χ4n) is 3.33. The predicted octanol–water partition coefficient (Wildman–Crippen LogP) is 6.32. The molecule has 1 aliphatic carbocycles. The minimum Gasteiger partial charge on any atom is -0.489 e. The molecule has 1 nitrogen and oxygen atoms in total. The van der Waals surface area contributed by atoms with Crippen molar-refractivity contribution in [3.05, 3.63) is 102 Å². The summed E-state index contributed by atoms with van der Waals surface area (Å²) in [5, 5.41) is 0. The van der Waals surface area contributed by atoms with Crippen LogP contribution in [0.4, 0.5) is 0 Å². The lowest BCUT2D eigenvalue weighted by atomic mass is 10.0.